The summed E-state index contributed by atoms with van der Waals surface area (Å²) in [6, 6.07) is 7.67. The monoisotopic (exact) mass is 418 g/mol. The van der Waals surface area contributed by atoms with Crippen molar-refractivity contribution in [2.24, 2.45) is 4.99 Å². The van der Waals surface area contributed by atoms with E-state index in [1.165, 1.54) is 0 Å². The molecular formula is C17H27ClN4O2S2. The predicted octanol–water partition coefficient (Wildman–Crippen LogP) is 2.12. The second-order valence-corrected chi connectivity index (χ2v) is 9.80. The minimum absolute atomic E-state index is 0.0430. The first kappa shape index (κ1) is 21.3. The number of rotatable bonds is 7. The summed E-state index contributed by atoms with van der Waals surface area (Å²) in [6.45, 7) is 4.84. The Kier molecular flexibility index (Phi) is 8.53. The number of thioether (sulfide) groups is 1. The number of benzene rings is 1. The van der Waals surface area contributed by atoms with Gasteiger partial charge in [-0.05, 0) is 24.6 Å². The highest BCUT2D eigenvalue weighted by atomic mass is 35.5. The standard InChI is InChI=1S/C17H27ClN4O2S2/c1-3-19-17(21(2)14-15-4-6-16(18)7-5-15)20-8-13-26(23,24)22-9-11-25-12-10-22/h4-7H,3,8-14H2,1-2H3,(H,19,20). The zero-order chi connectivity index (χ0) is 19.0. The number of nitrogens with one attached hydrogen (secondary N) is 1. The molecule has 0 unspecified atom stereocenters. The van der Waals surface area contributed by atoms with Gasteiger partial charge in [0.1, 0.15) is 0 Å². The molecule has 0 atom stereocenters. The molecule has 0 saturated carbocycles. The Balaban J connectivity index is 1.95. The number of nitrogens with zero attached hydrogens (tertiary/aromatic N) is 3. The number of hydrogen-bond donors (Lipinski definition) is 1. The Morgan fingerprint density at radius 3 is 2.58 bits per heavy atom. The summed E-state index contributed by atoms with van der Waals surface area (Å²) in [4.78, 5) is 6.48. The lowest BCUT2D eigenvalue weighted by Gasteiger charge is -2.25. The quantitative estimate of drug-likeness (QED) is 0.542. The number of aliphatic imine (C=N–C) groups is 1. The van der Waals surface area contributed by atoms with Crippen molar-refractivity contribution in [3.05, 3.63) is 34.9 Å². The van der Waals surface area contributed by atoms with E-state index >= 15 is 0 Å². The van der Waals surface area contributed by atoms with Crippen molar-refractivity contribution >= 4 is 39.3 Å². The van der Waals surface area contributed by atoms with Gasteiger partial charge in [0, 0.05) is 49.8 Å². The zero-order valence-corrected chi connectivity index (χ0v) is 17.7. The maximum atomic E-state index is 12.4. The lowest BCUT2D eigenvalue weighted by atomic mass is 10.2. The van der Waals surface area contributed by atoms with Crippen LogP contribution in [0.15, 0.2) is 29.3 Å². The Morgan fingerprint density at radius 2 is 1.96 bits per heavy atom. The molecule has 2 rings (SSSR count). The Hall–Kier alpha value is -0.960. The number of halogens is 1. The van der Waals surface area contributed by atoms with E-state index < -0.39 is 10.0 Å². The SMILES string of the molecule is CCNC(=NCCS(=O)(=O)N1CCSCC1)N(C)Cc1ccc(Cl)cc1. The van der Waals surface area contributed by atoms with Gasteiger partial charge in [0.05, 0.1) is 12.3 Å². The predicted molar refractivity (Wildman–Crippen MR) is 112 cm³/mol. The fraction of sp³-hybridized carbons (Fsp3) is 0.588. The summed E-state index contributed by atoms with van der Waals surface area (Å²) in [5.41, 5.74) is 1.11. The summed E-state index contributed by atoms with van der Waals surface area (Å²) in [7, 11) is -1.29. The van der Waals surface area contributed by atoms with Crippen LogP contribution in [0.3, 0.4) is 0 Å². The van der Waals surface area contributed by atoms with Crippen LogP contribution in [0.5, 0.6) is 0 Å². The van der Waals surface area contributed by atoms with E-state index in [0.29, 0.717) is 30.6 Å². The maximum Gasteiger partial charge on any atom is 0.215 e. The lowest BCUT2D eigenvalue weighted by molar-refractivity contribution is 0.443. The fourth-order valence-corrected chi connectivity index (χ4v) is 5.21. The van der Waals surface area contributed by atoms with Gasteiger partial charge in [-0.15, -0.1) is 0 Å². The summed E-state index contributed by atoms with van der Waals surface area (Å²) in [6.07, 6.45) is 0. The molecule has 6 nitrogen and oxygen atoms in total. The van der Waals surface area contributed by atoms with E-state index in [-0.39, 0.29) is 12.3 Å². The van der Waals surface area contributed by atoms with E-state index in [9.17, 15) is 8.42 Å². The normalized spacial score (nSPS) is 16.5. The molecule has 0 amide bonds. The molecule has 1 N–H and O–H groups in total. The Morgan fingerprint density at radius 1 is 1.31 bits per heavy atom. The van der Waals surface area contributed by atoms with E-state index in [2.05, 4.69) is 10.3 Å². The third kappa shape index (κ3) is 6.64. The van der Waals surface area contributed by atoms with Gasteiger partial charge in [0.2, 0.25) is 10.0 Å². The van der Waals surface area contributed by atoms with Crippen molar-refractivity contribution in [1.29, 1.82) is 0 Å². The molecule has 1 aromatic carbocycles. The van der Waals surface area contributed by atoms with Gasteiger partial charge < -0.3 is 10.2 Å². The summed E-state index contributed by atoms with van der Waals surface area (Å²) >= 11 is 7.72. The van der Waals surface area contributed by atoms with Crippen LogP contribution in [-0.2, 0) is 16.6 Å². The van der Waals surface area contributed by atoms with Crippen molar-refractivity contribution in [1.82, 2.24) is 14.5 Å². The van der Waals surface area contributed by atoms with Gasteiger partial charge >= 0.3 is 0 Å². The molecule has 26 heavy (non-hydrogen) atoms. The molecule has 1 aliphatic heterocycles. The topological polar surface area (TPSA) is 65.0 Å². The highest BCUT2D eigenvalue weighted by Crippen LogP contribution is 2.13. The third-order valence-electron chi connectivity index (χ3n) is 4.00. The summed E-state index contributed by atoms with van der Waals surface area (Å²) in [5.74, 6) is 2.48. The van der Waals surface area contributed by atoms with Crippen molar-refractivity contribution in [3.63, 3.8) is 0 Å². The minimum Gasteiger partial charge on any atom is -0.357 e. The highest BCUT2D eigenvalue weighted by Gasteiger charge is 2.23. The van der Waals surface area contributed by atoms with Crippen molar-refractivity contribution in [2.75, 3.05) is 50.5 Å². The van der Waals surface area contributed by atoms with Crippen LogP contribution in [0.25, 0.3) is 0 Å². The molecular weight excluding hydrogens is 392 g/mol. The van der Waals surface area contributed by atoms with Crippen molar-refractivity contribution < 1.29 is 8.42 Å². The average molecular weight is 419 g/mol. The van der Waals surface area contributed by atoms with Crippen LogP contribution in [0, 0.1) is 0 Å². The first-order valence-corrected chi connectivity index (χ1v) is 11.9. The smallest absolute Gasteiger partial charge is 0.215 e. The molecule has 0 bridgehead atoms. The zero-order valence-electron chi connectivity index (χ0n) is 15.3. The Labute approximate surface area is 166 Å². The number of hydrogen-bond acceptors (Lipinski definition) is 4. The molecule has 1 fully saturated rings. The molecule has 0 spiro atoms. The highest BCUT2D eigenvalue weighted by molar-refractivity contribution is 7.99. The summed E-state index contributed by atoms with van der Waals surface area (Å²) in [5, 5.41) is 3.92. The van der Waals surface area contributed by atoms with Gasteiger partial charge in [-0.3, -0.25) is 4.99 Å². The van der Waals surface area contributed by atoms with E-state index in [0.717, 1.165) is 23.6 Å². The molecule has 1 aliphatic rings. The van der Waals surface area contributed by atoms with Crippen LogP contribution in [0.2, 0.25) is 5.02 Å². The van der Waals surface area contributed by atoms with Gasteiger partial charge in [-0.25, -0.2) is 12.7 Å². The lowest BCUT2D eigenvalue weighted by Crippen LogP contribution is -2.41. The van der Waals surface area contributed by atoms with Gasteiger partial charge in [0.15, 0.2) is 5.96 Å². The van der Waals surface area contributed by atoms with Gasteiger partial charge in [0.25, 0.3) is 0 Å². The summed E-state index contributed by atoms with van der Waals surface area (Å²) < 4.78 is 26.4. The van der Waals surface area contributed by atoms with E-state index in [1.54, 1.807) is 16.1 Å². The van der Waals surface area contributed by atoms with Crippen LogP contribution in [0.1, 0.15) is 12.5 Å². The van der Waals surface area contributed by atoms with Crippen LogP contribution in [-0.4, -0.2) is 74.1 Å². The van der Waals surface area contributed by atoms with Gasteiger partial charge in [-0.1, -0.05) is 23.7 Å². The van der Waals surface area contributed by atoms with Crippen molar-refractivity contribution in [2.45, 2.75) is 13.5 Å². The fourth-order valence-electron chi connectivity index (χ4n) is 2.63. The molecule has 146 valence electrons. The minimum atomic E-state index is -3.23. The van der Waals surface area contributed by atoms with E-state index in [1.807, 2.05) is 43.1 Å². The van der Waals surface area contributed by atoms with Crippen LogP contribution < -0.4 is 5.32 Å². The second kappa shape index (κ2) is 10.4. The molecule has 1 aromatic rings. The average Bonchev–Trinajstić information content (AvgIpc) is 2.63. The van der Waals surface area contributed by atoms with Crippen molar-refractivity contribution in [3.8, 4) is 0 Å². The van der Waals surface area contributed by atoms with Crippen LogP contribution >= 0.6 is 23.4 Å². The molecule has 9 heteroatoms. The van der Waals surface area contributed by atoms with Gasteiger partial charge in [-0.2, -0.15) is 11.8 Å². The largest absolute Gasteiger partial charge is 0.357 e. The molecule has 1 saturated heterocycles. The van der Waals surface area contributed by atoms with E-state index in [4.69, 9.17) is 11.6 Å². The third-order valence-corrected chi connectivity index (χ3v) is 7.05. The van der Waals surface area contributed by atoms with Crippen LogP contribution in [0.4, 0.5) is 0 Å². The number of guanidine groups is 1. The second-order valence-electron chi connectivity index (χ2n) is 6.05. The molecule has 0 aliphatic carbocycles. The molecule has 0 radical (unpaired) electrons. The maximum absolute atomic E-state index is 12.4. The molecule has 1 heterocycles. The first-order valence-electron chi connectivity index (χ1n) is 8.72. The first-order chi connectivity index (χ1) is 12.4. The molecule has 0 aromatic heterocycles. The number of sulfonamides is 1. The Bertz CT molecular complexity index is 689.